The van der Waals surface area contributed by atoms with Crippen LogP contribution in [0, 0.1) is 0 Å². The van der Waals surface area contributed by atoms with E-state index in [1.807, 2.05) is 35.0 Å². The smallest absolute Gasteiger partial charge is 0.0661 e. The first-order valence-electron chi connectivity index (χ1n) is 5.96. The molecule has 3 heteroatoms. The van der Waals surface area contributed by atoms with Gasteiger partial charge in [-0.25, -0.2) is 4.52 Å². The summed E-state index contributed by atoms with van der Waals surface area (Å²) in [5, 5.41) is 4.04. The molecule has 3 nitrogen and oxygen atoms in total. The van der Waals surface area contributed by atoms with Gasteiger partial charge in [0.2, 0.25) is 0 Å². The molecule has 0 spiro atoms. The molecule has 0 aliphatic carbocycles. The molecule has 3 aromatic rings. The number of rotatable bonds is 0. The minimum Gasteiger partial charge on any atom is -0.351 e. The first-order valence-corrected chi connectivity index (χ1v) is 5.96. The van der Waals surface area contributed by atoms with E-state index in [2.05, 4.69) is 28.0 Å². The van der Waals surface area contributed by atoms with Crippen LogP contribution in [0.5, 0.6) is 0 Å². The van der Waals surface area contributed by atoms with Crippen molar-refractivity contribution in [3.8, 4) is 0 Å². The summed E-state index contributed by atoms with van der Waals surface area (Å²) in [4.78, 5) is 0. The molecule has 4 rings (SSSR count). The van der Waals surface area contributed by atoms with Crippen molar-refractivity contribution in [3.05, 3.63) is 60.7 Å². The van der Waals surface area contributed by atoms with Crippen molar-refractivity contribution in [1.82, 2.24) is 14.2 Å². The van der Waals surface area contributed by atoms with Gasteiger partial charge in [0.25, 0.3) is 0 Å². The summed E-state index contributed by atoms with van der Waals surface area (Å²) in [6.07, 6.45) is 8.50. The summed E-state index contributed by atoms with van der Waals surface area (Å²) in [7, 11) is 0. The maximum atomic E-state index is 4.04. The maximum absolute atomic E-state index is 4.04. The predicted octanol–water partition coefficient (Wildman–Crippen LogP) is 2.77. The molecule has 0 atom stereocenters. The minimum absolute atomic E-state index is 1.14. The topological polar surface area (TPSA) is 22.2 Å². The molecule has 0 bridgehead atoms. The second-order valence-corrected chi connectivity index (χ2v) is 4.20. The first kappa shape index (κ1) is 10.1. The highest BCUT2D eigenvalue weighted by molar-refractivity contribution is 5.44. The molecule has 4 heterocycles. The number of pyridine rings is 1. The average molecular weight is 225 g/mol. The van der Waals surface area contributed by atoms with Crippen LogP contribution in [0.2, 0.25) is 0 Å². The second-order valence-electron chi connectivity index (χ2n) is 4.20. The molecule has 0 fully saturated rings. The SMILES string of the molecule is c1cc2n(c1)CCC2.c1ccn2nccc2c1. The van der Waals surface area contributed by atoms with Gasteiger partial charge >= 0.3 is 0 Å². The van der Waals surface area contributed by atoms with E-state index < -0.39 is 0 Å². The van der Waals surface area contributed by atoms with Gasteiger partial charge < -0.3 is 4.57 Å². The van der Waals surface area contributed by atoms with E-state index in [0.29, 0.717) is 0 Å². The van der Waals surface area contributed by atoms with Crippen molar-refractivity contribution in [1.29, 1.82) is 0 Å². The molecule has 1 aliphatic heterocycles. The molecule has 0 radical (unpaired) electrons. The molecule has 17 heavy (non-hydrogen) atoms. The largest absolute Gasteiger partial charge is 0.351 e. The average Bonchev–Trinajstić information content (AvgIpc) is 3.06. The Labute approximate surface area is 100 Å². The van der Waals surface area contributed by atoms with Gasteiger partial charge in [0.05, 0.1) is 5.52 Å². The number of aryl methyl sites for hydroxylation is 2. The Kier molecular flexibility index (Phi) is 2.66. The molecule has 0 saturated heterocycles. The Hall–Kier alpha value is -2.03. The van der Waals surface area contributed by atoms with Crippen LogP contribution in [0.3, 0.4) is 0 Å². The number of fused-ring (bicyclic) bond motifs is 2. The number of hydrogen-bond acceptors (Lipinski definition) is 1. The third kappa shape index (κ3) is 2.09. The van der Waals surface area contributed by atoms with E-state index in [-0.39, 0.29) is 0 Å². The molecule has 0 unspecified atom stereocenters. The van der Waals surface area contributed by atoms with Gasteiger partial charge in [0, 0.05) is 30.8 Å². The standard InChI is InChI=1S/C7H6N2.C7H9N/c1-2-6-9-7(3-1)4-5-8-9;1-3-7-4-2-6-8(7)5-1/h1-6H;1,3,5H,2,4,6H2. The zero-order chi connectivity index (χ0) is 11.5. The van der Waals surface area contributed by atoms with Crippen LogP contribution in [0.1, 0.15) is 12.1 Å². The summed E-state index contributed by atoms with van der Waals surface area (Å²) >= 11 is 0. The van der Waals surface area contributed by atoms with Crippen LogP contribution in [0.15, 0.2) is 55.0 Å². The fourth-order valence-electron chi connectivity index (χ4n) is 2.19. The van der Waals surface area contributed by atoms with Crippen LogP contribution in [-0.2, 0) is 13.0 Å². The van der Waals surface area contributed by atoms with Crippen molar-refractivity contribution in [3.63, 3.8) is 0 Å². The monoisotopic (exact) mass is 225 g/mol. The van der Waals surface area contributed by atoms with Crippen LogP contribution < -0.4 is 0 Å². The fourth-order valence-corrected chi connectivity index (χ4v) is 2.19. The number of aromatic nitrogens is 3. The van der Waals surface area contributed by atoms with E-state index >= 15 is 0 Å². The Morgan fingerprint density at radius 1 is 1.00 bits per heavy atom. The van der Waals surface area contributed by atoms with Gasteiger partial charge in [-0.2, -0.15) is 5.10 Å². The first-order chi connectivity index (χ1) is 8.43. The molecule has 86 valence electrons. The zero-order valence-electron chi connectivity index (χ0n) is 9.66. The summed E-state index contributed by atoms with van der Waals surface area (Å²) in [5.41, 5.74) is 2.64. The summed E-state index contributed by atoms with van der Waals surface area (Å²) in [6, 6.07) is 12.3. The maximum Gasteiger partial charge on any atom is 0.0661 e. The highest BCUT2D eigenvalue weighted by Gasteiger charge is 2.06. The van der Waals surface area contributed by atoms with Crippen molar-refractivity contribution in [2.24, 2.45) is 0 Å². The number of hydrogen-bond donors (Lipinski definition) is 0. The molecule has 3 aromatic heterocycles. The molecule has 0 amide bonds. The molecular formula is C14H15N3. The van der Waals surface area contributed by atoms with Crippen LogP contribution in [0.4, 0.5) is 0 Å². The quantitative estimate of drug-likeness (QED) is 0.576. The highest BCUT2D eigenvalue weighted by Crippen LogP contribution is 2.13. The van der Waals surface area contributed by atoms with Crippen molar-refractivity contribution in [2.75, 3.05) is 0 Å². The third-order valence-electron chi connectivity index (χ3n) is 3.06. The van der Waals surface area contributed by atoms with Crippen molar-refractivity contribution in [2.45, 2.75) is 19.4 Å². The highest BCUT2D eigenvalue weighted by atomic mass is 15.2. The van der Waals surface area contributed by atoms with Gasteiger partial charge in [-0.15, -0.1) is 0 Å². The molecule has 0 N–H and O–H groups in total. The van der Waals surface area contributed by atoms with Gasteiger partial charge in [-0.3, -0.25) is 0 Å². The summed E-state index contributed by atoms with van der Waals surface area (Å²) in [5.74, 6) is 0. The zero-order valence-corrected chi connectivity index (χ0v) is 9.66. The van der Waals surface area contributed by atoms with Gasteiger partial charge in [-0.05, 0) is 43.2 Å². The van der Waals surface area contributed by atoms with Gasteiger partial charge in [0.1, 0.15) is 0 Å². The molecule has 0 saturated carbocycles. The van der Waals surface area contributed by atoms with Gasteiger partial charge in [-0.1, -0.05) is 6.07 Å². The lowest BCUT2D eigenvalue weighted by Crippen LogP contribution is -1.86. The lowest BCUT2D eigenvalue weighted by molar-refractivity contribution is 0.750. The van der Waals surface area contributed by atoms with Gasteiger partial charge in [0.15, 0.2) is 0 Å². The lowest BCUT2D eigenvalue weighted by atomic mass is 10.3. The Morgan fingerprint density at radius 3 is 2.88 bits per heavy atom. The van der Waals surface area contributed by atoms with E-state index in [0.717, 1.165) is 5.52 Å². The number of nitrogens with zero attached hydrogens (tertiary/aromatic N) is 3. The van der Waals surface area contributed by atoms with Crippen molar-refractivity contribution < 1.29 is 0 Å². The Morgan fingerprint density at radius 2 is 2.00 bits per heavy atom. The molecule has 1 aliphatic rings. The minimum atomic E-state index is 1.14. The predicted molar refractivity (Wildman–Crippen MR) is 67.9 cm³/mol. The Bertz CT molecular complexity index is 558. The van der Waals surface area contributed by atoms with Crippen molar-refractivity contribution >= 4 is 5.52 Å². The van der Waals surface area contributed by atoms with E-state index in [4.69, 9.17) is 0 Å². The Balaban J connectivity index is 0.000000107. The lowest BCUT2D eigenvalue weighted by Gasteiger charge is -1.90. The van der Waals surface area contributed by atoms with E-state index in [1.165, 1.54) is 25.1 Å². The van der Waals surface area contributed by atoms with E-state index in [9.17, 15) is 0 Å². The van der Waals surface area contributed by atoms with E-state index in [1.54, 1.807) is 6.20 Å². The van der Waals surface area contributed by atoms with Crippen LogP contribution in [0.25, 0.3) is 5.52 Å². The fraction of sp³-hybridized carbons (Fsp3) is 0.214. The molecule has 0 aromatic carbocycles. The summed E-state index contributed by atoms with van der Waals surface area (Å²) < 4.78 is 4.15. The normalized spacial score (nSPS) is 13.2. The van der Waals surface area contributed by atoms with Crippen LogP contribution in [-0.4, -0.2) is 14.2 Å². The third-order valence-corrected chi connectivity index (χ3v) is 3.06. The molecular weight excluding hydrogens is 210 g/mol. The second kappa shape index (κ2) is 4.45. The summed E-state index contributed by atoms with van der Waals surface area (Å²) in [6.45, 7) is 1.24. The van der Waals surface area contributed by atoms with Crippen LogP contribution >= 0.6 is 0 Å².